The van der Waals surface area contributed by atoms with Crippen LogP contribution in [0.15, 0.2) is 0 Å². The van der Waals surface area contributed by atoms with E-state index in [4.69, 9.17) is 4.74 Å². The number of hydrogen-bond acceptors (Lipinski definition) is 4. The van der Waals surface area contributed by atoms with Crippen molar-refractivity contribution < 1.29 is 19.1 Å². The summed E-state index contributed by atoms with van der Waals surface area (Å²) < 4.78 is 9.41. The number of carbonyl (C=O) groups is 2. The molecule has 0 fully saturated rings. The molecule has 0 amide bonds. The SMILES string of the molecule is CCCCCCCCCCCCCCC(CC(=O)OC)C(=O)OC. The molecule has 1 unspecified atom stereocenters. The third-order valence-corrected chi connectivity index (χ3v) is 4.58. The highest BCUT2D eigenvalue weighted by Gasteiger charge is 2.22. The van der Waals surface area contributed by atoms with E-state index in [0.29, 0.717) is 6.42 Å². The number of ether oxygens (including phenoxy) is 2. The Morgan fingerprint density at radius 3 is 1.58 bits per heavy atom. The molecule has 0 heterocycles. The zero-order chi connectivity index (χ0) is 18.0. The average Bonchev–Trinajstić information content (AvgIpc) is 2.60. The molecule has 4 nitrogen and oxygen atoms in total. The van der Waals surface area contributed by atoms with Gasteiger partial charge in [0.25, 0.3) is 0 Å². The number of methoxy groups -OCH3 is 2. The van der Waals surface area contributed by atoms with Crippen LogP contribution >= 0.6 is 0 Å². The van der Waals surface area contributed by atoms with Crippen LogP contribution in [-0.4, -0.2) is 26.2 Å². The lowest BCUT2D eigenvalue weighted by atomic mass is 9.97. The van der Waals surface area contributed by atoms with E-state index in [-0.39, 0.29) is 24.3 Å². The number of hydrogen-bond donors (Lipinski definition) is 0. The van der Waals surface area contributed by atoms with Gasteiger partial charge >= 0.3 is 11.9 Å². The highest BCUT2D eigenvalue weighted by atomic mass is 16.5. The Morgan fingerprint density at radius 1 is 0.708 bits per heavy atom. The van der Waals surface area contributed by atoms with Gasteiger partial charge in [0.15, 0.2) is 0 Å². The second-order valence-corrected chi connectivity index (χ2v) is 6.68. The standard InChI is InChI=1S/C20H38O4/c1-4-5-6-7-8-9-10-11-12-13-14-15-16-18(20(22)24-3)17-19(21)23-2/h18H,4-17H2,1-3H3. The fraction of sp³-hybridized carbons (Fsp3) is 0.900. The van der Waals surface area contributed by atoms with Gasteiger partial charge in [0.1, 0.15) is 0 Å². The molecule has 0 aliphatic carbocycles. The van der Waals surface area contributed by atoms with Gasteiger partial charge < -0.3 is 9.47 Å². The molecule has 0 radical (unpaired) electrons. The molecule has 0 aromatic rings. The van der Waals surface area contributed by atoms with Gasteiger partial charge in [-0.2, -0.15) is 0 Å². The Labute approximate surface area is 148 Å². The van der Waals surface area contributed by atoms with Gasteiger partial charge in [0.2, 0.25) is 0 Å². The summed E-state index contributed by atoms with van der Waals surface area (Å²) in [5.41, 5.74) is 0. The van der Waals surface area contributed by atoms with Gasteiger partial charge in [-0.25, -0.2) is 0 Å². The maximum Gasteiger partial charge on any atom is 0.309 e. The average molecular weight is 343 g/mol. The van der Waals surface area contributed by atoms with Crippen LogP contribution in [0.5, 0.6) is 0 Å². The summed E-state index contributed by atoms with van der Waals surface area (Å²) in [6, 6.07) is 0. The molecule has 0 aliphatic heterocycles. The fourth-order valence-electron chi connectivity index (χ4n) is 2.99. The summed E-state index contributed by atoms with van der Waals surface area (Å²) in [6.45, 7) is 2.25. The van der Waals surface area contributed by atoms with Crippen molar-refractivity contribution in [3.63, 3.8) is 0 Å². The Bertz CT molecular complexity index is 315. The van der Waals surface area contributed by atoms with Crippen LogP contribution in [0.4, 0.5) is 0 Å². The molecule has 0 rings (SSSR count). The van der Waals surface area contributed by atoms with E-state index in [0.717, 1.165) is 12.8 Å². The number of unbranched alkanes of at least 4 members (excludes halogenated alkanes) is 11. The first-order valence-corrected chi connectivity index (χ1v) is 9.80. The molecule has 0 saturated heterocycles. The smallest absolute Gasteiger partial charge is 0.309 e. The van der Waals surface area contributed by atoms with E-state index < -0.39 is 0 Å². The molecule has 1 atom stereocenters. The van der Waals surface area contributed by atoms with E-state index in [1.54, 1.807) is 0 Å². The fourth-order valence-corrected chi connectivity index (χ4v) is 2.99. The lowest BCUT2D eigenvalue weighted by Crippen LogP contribution is -2.20. The summed E-state index contributed by atoms with van der Waals surface area (Å²) in [6.07, 6.45) is 16.3. The second kappa shape index (κ2) is 16.8. The Balaban J connectivity index is 3.54. The molecule has 0 aromatic carbocycles. The lowest BCUT2D eigenvalue weighted by molar-refractivity contribution is -0.152. The van der Waals surface area contributed by atoms with E-state index >= 15 is 0 Å². The van der Waals surface area contributed by atoms with Crippen molar-refractivity contribution in [1.82, 2.24) is 0 Å². The molecule has 0 spiro atoms. The van der Waals surface area contributed by atoms with Crippen LogP contribution < -0.4 is 0 Å². The zero-order valence-electron chi connectivity index (χ0n) is 16.1. The van der Waals surface area contributed by atoms with Crippen molar-refractivity contribution in [2.24, 2.45) is 5.92 Å². The molecular formula is C20H38O4. The third kappa shape index (κ3) is 13.4. The summed E-state index contributed by atoms with van der Waals surface area (Å²) in [5.74, 6) is -1.00. The van der Waals surface area contributed by atoms with E-state index in [9.17, 15) is 9.59 Å². The molecule has 0 aliphatic rings. The normalized spacial score (nSPS) is 12.0. The van der Waals surface area contributed by atoms with Crippen LogP contribution in [0.2, 0.25) is 0 Å². The molecule has 4 heteroatoms. The van der Waals surface area contributed by atoms with Gasteiger partial charge in [-0.15, -0.1) is 0 Å². The Hall–Kier alpha value is -1.06. The summed E-state index contributed by atoms with van der Waals surface area (Å²) >= 11 is 0. The van der Waals surface area contributed by atoms with Crippen molar-refractivity contribution in [2.45, 2.75) is 96.8 Å². The minimum absolute atomic E-state index is 0.126. The third-order valence-electron chi connectivity index (χ3n) is 4.58. The van der Waals surface area contributed by atoms with Crippen molar-refractivity contribution >= 4 is 11.9 Å². The van der Waals surface area contributed by atoms with E-state index in [1.165, 1.54) is 78.4 Å². The van der Waals surface area contributed by atoms with Crippen LogP contribution in [0.25, 0.3) is 0 Å². The van der Waals surface area contributed by atoms with Gasteiger partial charge in [0.05, 0.1) is 26.6 Å². The van der Waals surface area contributed by atoms with Crippen molar-refractivity contribution in [2.75, 3.05) is 14.2 Å². The number of carbonyl (C=O) groups excluding carboxylic acids is 2. The van der Waals surface area contributed by atoms with Crippen molar-refractivity contribution in [3.05, 3.63) is 0 Å². The molecule has 24 heavy (non-hydrogen) atoms. The number of rotatable bonds is 16. The largest absolute Gasteiger partial charge is 0.469 e. The number of esters is 2. The predicted molar refractivity (Wildman–Crippen MR) is 97.8 cm³/mol. The highest BCUT2D eigenvalue weighted by molar-refractivity contribution is 5.79. The highest BCUT2D eigenvalue weighted by Crippen LogP contribution is 2.18. The minimum atomic E-state index is -0.356. The Morgan fingerprint density at radius 2 is 1.17 bits per heavy atom. The molecule has 0 N–H and O–H groups in total. The van der Waals surface area contributed by atoms with Crippen LogP contribution in [0, 0.1) is 5.92 Å². The van der Waals surface area contributed by atoms with Gasteiger partial charge in [0, 0.05) is 0 Å². The first kappa shape index (κ1) is 22.9. The van der Waals surface area contributed by atoms with Gasteiger partial charge in [-0.3, -0.25) is 9.59 Å². The summed E-state index contributed by atoms with van der Waals surface area (Å²) in [4.78, 5) is 23.0. The minimum Gasteiger partial charge on any atom is -0.469 e. The molecule has 0 saturated carbocycles. The van der Waals surface area contributed by atoms with Crippen LogP contribution in [-0.2, 0) is 19.1 Å². The van der Waals surface area contributed by atoms with Crippen molar-refractivity contribution in [3.8, 4) is 0 Å². The van der Waals surface area contributed by atoms with Crippen molar-refractivity contribution in [1.29, 1.82) is 0 Å². The second-order valence-electron chi connectivity index (χ2n) is 6.68. The molecule has 0 bridgehead atoms. The van der Waals surface area contributed by atoms with Crippen LogP contribution in [0.1, 0.15) is 96.8 Å². The van der Waals surface area contributed by atoms with Crippen LogP contribution in [0.3, 0.4) is 0 Å². The monoisotopic (exact) mass is 342 g/mol. The topological polar surface area (TPSA) is 52.6 Å². The van der Waals surface area contributed by atoms with E-state index in [2.05, 4.69) is 11.7 Å². The summed E-state index contributed by atoms with van der Waals surface area (Å²) in [7, 11) is 2.72. The predicted octanol–water partition coefficient (Wildman–Crippen LogP) is 5.43. The maximum atomic E-state index is 11.7. The molecule has 142 valence electrons. The lowest BCUT2D eigenvalue weighted by Gasteiger charge is -2.13. The maximum absolute atomic E-state index is 11.7. The molecule has 0 aromatic heterocycles. The van der Waals surface area contributed by atoms with E-state index in [1.807, 2.05) is 0 Å². The first-order chi connectivity index (χ1) is 11.7. The Kier molecular flexibility index (Phi) is 16.0. The zero-order valence-corrected chi connectivity index (χ0v) is 16.1. The quantitative estimate of drug-likeness (QED) is 0.277. The first-order valence-electron chi connectivity index (χ1n) is 9.80. The van der Waals surface area contributed by atoms with Gasteiger partial charge in [-0.05, 0) is 6.42 Å². The van der Waals surface area contributed by atoms with Gasteiger partial charge in [-0.1, -0.05) is 84.0 Å². The molecular weight excluding hydrogens is 304 g/mol. The summed E-state index contributed by atoms with van der Waals surface area (Å²) in [5, 5.41) is 0.